The van der Waals surface area contributed by atoms with Crippen molar-refractivity contribution in [2.24, 2.45) is 4.99 Å². The predicted molar refractivity (Wildman–Crippen MR) is 82.6 cm³/mol. The second-order valence-corrected chi connectivity index (χ2v) is 4.38. The van der Waals surface area contributed by atoms with Crippen molar-refractivity contribution in [3.63, 3.8) is 0 Å². The SMILES string of the molecule is CCN(CC)c1ccc(N=Cc2ccc([N+](=O)[O-])o2)cc1. The largest absolute Gasteiger partial charge is 0.433 e. The zero-order chi connectivity index (χ0) is 15.2. The van der Waals surface area contributed by atoms with Gasteiger partial charge in [-0.2, -0.15) is 0 Å². The third kappa shape index (κ3) is 3.68. The lowest BCUT2D eigenvalue weighted by Gasteiger charge is -2.20. The molecule has 0 unspecified atom stereocenters. The van der Waals surface area contributed by atoms with Crippen LogP contribution in [0.2, 0.25) is 0 Å². The van der Waals surface area contributed by atoms with E-state index < -0.39 is 4.92 Å². The molecule has 0 N–H and O–H groups in total. The Bertz CT molecular complexity index is 628. The number of hydrogen-bond donors (Lipinski definition) is 0. The molecule has 0 saturated carbocycles. The number of rotatable bonds is 6. The molecule has 0 aliphatic carbocycles. The van der Waals surface area contributed by atoms with Crippen LogP contribution in [0.15, 0.2) is 45.8 Å². The lowest BCUT2D eigenvalue weighted by atomic mass is 10.2. The van der Waals surface area contributed by atoms with Crippen LogP contribution in [-0.4, -0.2) is 24.2 Å². The summed E-state index contributed by atoms with van der Waals surface area (Å²) in [5, 5.41) is 10.5. The first kappa shape index (κ1) is 14.8. The molecule has 0 saturated heterocycles. The van der Waals surface area contributed by atoms with Gasteiger partial charge < -0.3 is 9.32 Å². The first-order valence-electron chi connectivity index (χ1n) is 6.77. The van der Waals surface area contributed by atoms with Crippen LogP contribution >= 0.6 is 0 Å². The van der Waals surface area contributed by atoms with E-state index >= 15 is 0 Å². The van der Waals surface area contributed by atoms with E-state index in [-0.39, 0.29) is 5.88 Å². The molecule has 21 heavy (non-hydrogen) atoms. The van der Waals surface area contributed by atoms with Gasteiger partial charge in [0.15, 0.2) is 5.76 Å². The van der Waals surface area contributed by atoms with Crippen molar-refractivity contribution < 1.29 is 9.34 Å². The van der Waals surface area contributed by atoms with E-state index in [2.05, 4.69) is 23.7 Å². The summed E-state index contributed by atoms with van der Waals surface area (Å²) in [4.78, 5) is 16.4. The van der Waals surface area contributed by atoms with Crippen molar-refractivity contribution in [2.45, 2.75) is 13.8 Å². The number of nitrogens with zero attached hydrogens (tertiary/aromatic N) is 3. The fourth-order valence-electron chi connectivity index (χ4n) is 1.99. The molecule has 0 bridgehead atoms. The van der Waals surface area contributed by atoms with Crippen molar-refractivity contribution in [3.05, 3.63) is 52.3 Å². The maximum atomic E-state index is 10.5. The van der Waals surface area contributed by atoms with Gasteiger partial charge in [-0.3, -0.25) is 15.1 Å². The average Bonchev–Trinajstić information content (AvgIpc) is 2.97. The Morgan fingerprint density at radius 3 is 2.38 bits per heavy atom. The molecule has 0 atom stereocenters. The average molecular weight is 287 g/mol. The summed E-state index contributed by atoms with van der Waals surface area (Å²) in [5.74, 6) is 0.0721. The normalized spacial score (nSPS) is 11.0. The summed E-state index contributed by atoms with van der Waals surface area (Å²) in [6, 6.07) is 10.6. The van der Waals surface area contributed by atoms with Crippen molar-refractivity contribution in [3.8, 4) is 0 Å². The van der Waals surface area contributed by atoms with Crippen LogP contribution in [0.3, 0.4) is 0 Å². The summed E-state index contributed by atoms with van der Waals surface area (Å²) in [7, 11) is 0. The van der Waals surface area contributed by atoms with Crippen LogP contribution in [0.25, 0.3) is 0 Å². The molecule has 2 aromatic rings. The van der Waals surface area contributed by atoms with Gasteiger partial charge in [-0.25, -0.2) is 0 Å². The lowest BCUT2D eigenvalue weighted by molar-refractivity contribution is -0.402. The molecule has 0 fully saturated rings. The molecule has 110 valence electrons. The highest BCUT2D eigenvalue weighted by atomic mass is 16.6. The Kier molecular flexibility index (Phi) is 4.71. The summed E-state index contributed by atoms with van der Waals surface area (Å²) < 4.78 is 5.01. The lowest BCUT2D eigenvalue weighted by Crippen LogP contribution is -2.21. The molecule has 1 heterocycles. The molecular formula is C15H17N3O3. The molecule has 1 aromatic heterocycles. The Balaban J connectivity index is 2.08. The third-order valence-corrected chi connectivity index (χ3v) is 3.11. The summed E-state index contributed by atoms with van der Waals surface area (Å²) >= 11 is 0. The molecule has 0 amide bonds. The number of anilines is 1. The topological polar surface area (TPSA) is 71.9 Å². The smallest absolute Gasteiger partial charge is 0.400 e. The van der Waals surface area contributed by atoms with Crippen LogP contribution in [0.5, 0.6) is 0 Å². The quantitative estimate of drug-likeness (QED) is 0.460. The van der Waals surface area contributed by atoms with Crippen LogP contribution in [0, 0.1) is 10.1 Å². The molecule has 2 rings (SSSR count). The van der Waals surface area contributed by atoms with Gasteiger partial charge >= 0.3 is 5.88 Å². The number of nitro groups is 1. The molecule has 0 aliphatic rings. The number of aliphatic imine (C=N–C) groups is 1. The fraction of sp³-hybridized carbons (Fsp3) is 0.267. The van der Waals surface area contributed by atoms with Gasteiger partial charge in [0.2, 0.25) is 0 Å². The zero-order valence-electron chi connectivity index (χ0n) is 12.0. The molecular weight excluding hydrogens is 270 g/mol. The highest BCUT2D eigenvalue weighted by molar-refractivity contribution is 5.79. The van der Waals surface area contributed by atoms with Crippen LogP contribution in [0.1, 0.15) is 19.6 Å². The maximum Gasteiger partial charge on any atom is 0.433 e. The molecule has 0 radical (unpaired) electrons. The van der Waals surface area contributed by atoms with E-state index in [0.717, 1.165) is 24.5 Å². The Labute approximate surface area is 122 Å². The predicted octanol–water partition coefficient (Wildman–Crippen LogP) is 3.78. The van der Waals surface area contributed by atoms with E-state index in [1.165, 1.54) is 18.3 Å². The van der Waals surface area contributed by atoms with Crippen molar-refractivity contribution in [2.75, 3.05) is 18.0 Å². The van der Waals surface area contributed by atoms with Gasteiger partial charge in [-0.05, 0) is 44.2 Å². The molecule has 1 aromatic carbocycles. The molecule has 0 spiro atoms. The Hall–Kier alpha value is -2.63. The van der Waals surface area contributed by atoms with Crippen molar-refractivity contribution in [1.82, 2.24) is 0 Å². The zero-order valence-corrected chi connectivity index (χ0v) is 12.0. The van der Waals surface area contributed by atoms with E-state index in [9.17, 15) is 10.1 Å². The van der Waals surface area contributed by atoms with Crippen molar-refractivity contribution in [1.29, 1.82) is 0 Å². The summed E-state index contributed by atoms with van der Waals surface area (Å²) in [6.45, 7) is 6.13. The first-order valence-corrected chi connectivity index (χ1v) is 6.77. The minimum atomic E-state index is -0.573. The van der Waals surface area contributed by atoms with Crippen LogP contribution in [0.4, 0.5) is 17.3 Å². The molecule has 0 aliphatic heterocycles. The number of benzene rings is 1. The first-order chi connectivity index (χ1) is 10.1. The highest BCUT2D eigenvalue weighted by Crippen LogP contribution is 2.20. The highest BCUT2D eigenvalue weighted by Gasteiger charge is 2.10. The van der Waals surface area contributed by atoms with E-state index in [1.54, 1.807) is 0 Å². The van der Waals surface area contributed by atoms with Gasteiger partial charge in [0.25, 0.3) is 0 Å². The van der Waals surface area contributed by atoms with Gasteiger partial charge in [0, 0.05) is 18.8 Å². The van der Waals surface area contributed by atoms with Crippen molar-refractivity contribution >= 4 is 23.5 Å². The number of furan rings is 1. The summed E-state index contributed by atoms with van der Waals surface area (Å²) in [5.41, 5.74) is 1.91. The fourth-order valence-corrected chi connectivity index (χ4v) is 1.99. The van der Waals surface area contributed by atoms with E-state index in [1.807, 2.05) is 24.3 Å². The van der Waals surface area contributed by atoms with E-state index in [0.29, 0.717) is 5.76 Å². The Morgan fingerprint density at radius 2 is 1.86 bits per heavy atom. The third-order valence-electron chi connectivity index (χ3n) is 3.11. The van der Waals surface area contributed by atoms with E-state index in [4.69, 9.17) is 4.42 Å². The second kappa shape index (κ2) is 6.69. The minimum Gasteiger partial charge on any atom is -0.400 e. The van der Waals surface area contributed by atoms with Gasteiger partial charge in [-0.1, -0.05) is 0 Å². The maximum absolute atomic E-state index is 10.5. The molecule has 6 nitrogen and oxygen atoms in total. The van der Waals surface area contributed by atoms with Crippen LogP contribution in [-0.2, 0) is 0 Å². The van der Waals surface area contributed by atoms with Gasteiger partial charge in [0.1, 0.15) is 4.92 Å². The van der Waals surface area contributed by atoms with Gasteiger partial charge in [-0.15, -0.1) is 0 Å². The minimum absolute atomic E-state index is 0.284. The summed E-state index contributed by atoms with van der Waals surface area (Å²) in [6.07, 6.45) is 1.47. The monoisotopic (exact) mass is 287 g/mol. The Morgan fingerprint density at radius 1 is 1.19 bits per heavy atom. The van der Waals surface area contributed by atoms with Gasteiger partial charge in [0.05, 0.1) is 18.0 Å². The number of hydrogen-bond acceptors (Lipinski definition) is 5. The second-order valence-electron chi connectivity index (χ2n) is 4.38. The standard InChI is InChI=1S/C15H17N3O3/c1-3-17(4-2)13-7-5-12(6-8-13)16-11-14-9-10-15(21-14)18(19)20/h5-11H,3-4H2,1-2H3. The molecule has 6 heteroatoms. The van der Waals surface area contributed by atoms with Crippen LogP contribution < -0.4 is 4.90 Å².